The zero-order valence-electron chi connectivity index (χ0n) is 15.1. The first kappa shape index (κ1) is 17.0. The summed E-state index contributed by atoms with van der Waals surface area (Å²) < 4.78 is 0. The number of rotatable bonds is 5. The summed E-state index contributed by atoms with van der Waals surface area (Å²) in [6, 6.07) is 18.6. The Morgan fingerprint density at radius 2 is 1.85 bits per heavy atom. The molecule has 2 aromatic rings. The van der Waals surface area contributed by atoms with Crippen molar-refractivity contribution in [3.8, 4) is 11.1 Å². The number of carbonyl (C=O) groups excluding carboxylic acids is 1. The van der Waals surface area contributed by atoms with Gasteiger partial charge in [-0.1, -0.05) is 48.5 Å². The second-order valence-electron chi connectivity index (χ2n) is 7.49. The molecule has 2 aromatic carbocycles. The molecule has 0 spiro atoms. The predicted octanol–water partition coefficient (Wildman–Crippen LogP) is 3.98. The van der Waals surface area contributed by atoms with Crippen LogP contribution in [0.5, 0.6) is 0 Å². The largest absolute Gasteiger partial charge is 0.350 e. The number of nitrogens with zero attached hydrogens (tertiary/aromatic N) is 1. The Morgan fingerprint density at radius 3 is 2.50 bits per heavy atom. The minimum Gasteiger partial charge on any atom is -0.350 e. The summed E-state index contributed by atoms with van der Waals surface area (Å²) in [6.45, 7) is 6.96. The Morgan fingerprint density at radius 1 is 1.12 bits per heavy atom. The van der Waals surface area contributed by atoms with Crippen molar-refractivity contribution in [3.63, 3.8) is 0 Å². The molecule has 2 bridgehead atoms. The number of nitrogens with one attached hydrogen (secondary N) is 1. The summed E-state index contributed by atoms with van der Waals surface area (Å²) in [7, 11) is 0. The van der Waals surface area contributed by atoms with Crippen LogP contribution in [-0.2, 0) is 0 Å². The lowest BCUT2D eigenvalue weighted by Crippen LogP contribution is -2.56. The van der Waals surface area contributed by atoms with Crippen molar-refractivity contribution in [1.82, 2.24) is 10.2 Å². The van der Waals surface area contributed by atoms with Gasteiger partial charge in [-0.05, 0) is 54.5 Å². The molecule has 3 aliphatic rings. The molecule has 3 heteroatoms. The average Bonchev–Trinajstić information content (AvgIpc) is 2.73. The van der Waals surface area contributed by atoms with Crippen LogP contribution in [0.4, 0.5) is 0 Å². The van der Waals surface area contributed by atoms with Gasteiger partial charge in [-0.2, -0.15) is 0 Å². The van der Waals surface area contributed by atoms with Crippen LogP contribution >= 0.6 is 0 Å². The Labute approximate surface area is 155 Å². The van der Waals surface area contributed by atoms with E-state index in [1.807, 2.05) is 42.5 Å². The predicted molar refractivity (Wildman–Crippen MR) is 106 cm³/mol. The van der Waals surface area contributed by atoms with Crippen LogP contribution in [0.1, 0.15) is 23.2 Å². The third-order valence-corrected chi connectivity index (χ3v) is 5.98. The summed E-state index contributed by atoms with van der Waals surface area (Å²) in [5, 5.41) is 3.14. The molecule has 5 rings (SSSR count). The van der Waals surface area contributed by atoms with E-state index in [9.17, 15) is 4.79 Å². The quantitative estimate of drug-likeness (QED) is 0.831. The molecular weight excluding hydrogens is 320 g/mol. The molecule has 26 heavy (non-hydrogen) atoms. The number of hydrogen-bond donors (Lipinski definition) is 1. The normalized spacial score (nSPS) is 27.1. The van der Waals surface area contributed by atoms with Crippen molar-refractivity contribution in [3.05, 3.63) is 72.8 Å². The lowest BCUT2D eigenvalue weighted by atomic mass is 9.75. The van der Waals surface area contributed by atoms with Crippen molar-refractivity contribution in [1.29, 1.82) is 0 Å². The molecule has 3 saturated heterocycles. The molecule has 4 atom stereocenters. The van der Waals surface area contributed by atoms with Crippen molar-refractivity contribution in [2.24, 2.45) is 11.8 Å². The zero-order chi connectivity index (χ0) is 17.9. The van der Waals surface area contributed by atoms with Crippen molar-refractivity contribution in [2.45, 2.75) is 18.9 Å². The first-order valence-corrected chi connectivity index (χ1v) is 9.55. The fourth-order valence-corrected chi connectivity index (χ4v) is 4.42. The molecule has 1 unspecified atom stereocenters. The average molecular weight is 346 g/mol. The third-order valence-electron chi connectivity index (χ3n) is 5.98. The van der Waals surface area contributed by atoms with E-state index in [-0.39, 0.29) is 5.91 Å². The standard InChI is InChI=1S/C23H26N2O/c1-2-17-16-25-13-12-21(17)14-22(25)15-24-23(26)20-10-8-19(9-11-20)18-6-4-3-5-7-18/h2-11,17,21-22H,1,12-16H2,(H,24,26)/t17-,21+,22-/m1/s1. The zero-order valence-corrected chi connectivity index (χ0v) is 15.1. The number of hydrogen-bond acceptors (Lipinski definition) is 2. The van der Waals surface area contributed by atoms with Crippen molar-refractivity contribution in [2.75, 3.05) is 19.6 Å². The molecule has 1 N–H and O–H groups in total. The summed E-state index contributed by atoms with van der Waals surface area (Å²) in [4.78, 5) is 15.0. The number of benzene rings is 2. The SMILES string of the molecule is C=C[C@@H]1CN2CC[C@H]1C[C@@H]2CNC(=O)c1ccc(-c2ccccc2)cc1. The van der Waals surface area contributed by atoms with Gasteiger partial charge >= 0.3 is 0 Å². The van der Waals surface area contributed by atoms with Crippen LogP contribution < -0.4 is 5.32 Å². The summed E-state index contributed by atoms with van der Waals surface area (Å²) >= 11 is 0. The smallest absolute Gasteiger partial charge is 0.251 e. The van der Waals surface area contributed by atoms with Crippen molar-refractivity contribution >= 4 is 5.91 Å². The van der Waals surface area contributed by atoms with Crippen LogP contribution in [-0.4, -0.2) is 36.5 Å². The van der Waals surface area contributed by atoms with Gasteiger partial charge in [0.15, 0.2) is 0 Å². The van der Waals surface area contributed by atoms with Crippen LogP contribution in [0.2, 0.25) is 0 Å². The Hall–Kier alpha value is -2.39. The fourth-order valence-electron chi connectivity index (χ4n) is 4.42. The van der Waals surface area contributed by atoms with Gasteiger partial charge < -0.3 is 5.32 Å². The molecule has 134 valence electrons. The summed E-state index contributed by atoms with van der Waals surface area (Å²) in [5.74, 6) is 1.39. The second kappa shape index (κ2) is 7.46. The van der Waals surface area contributed by atoms with Gasteiger partial charge in [-0.25, -0.2) is 0 Å². The first-order chi connectivity index (χ1) is 12.7. The molecule has 0 aromatic heterocycles. The number of piperidine rings is 3. The molecule has 0 aliphatic carbocycles. The Kier molecular flexibility index (Phi) is 4.89. The molecular formula is C23H26N2O. The molecule has 3 aliphatic heterocycles. The summed E-state index contributed by atoms with van der Waals surface area (Å²) in [5.41, 5.74) is 3.03. The van der Waals surface area contributed by atoms with Gasteiger partial charge in [-0.15, -0.1) is 6.58 Å². The van der Waals surface area contributed by atoms with E-state index >= 15 is 0 Å². The Balaban J connectivity index is 1.35. The number of carbonyl (C=O) groups is 1. The molecule has 0 radical (unpaired) electrons. The minimum atomic E-state index is 0.0209. The third kappa shape index (κ3) is 3.45. The minimum absolute atomic E-state index is 0.0209. The maximum absolute atomic E-state index is 12.5. The molecule has 1 amide bonds. The highest BCUT2D eigenvalue weighted by Crippen LogP contribution is 2.36. The highest BCUT2D eigenvalue weighted by atomic mass is 16.1. The number of amides is 1. The molecule has 3 heterocycles. The van der Waals surface area contributed by atoms with Gasteiger partial charge in [0.05, 0.1) is 0 Å². The van der Waals surface area contributed by atoms with Crippen molar-refractivity contribution < 1.29 is 4.79 Å². The van der Waals surface area contributed by atoms with Crippen LogP contribution in [0.15, 0.2) is 67.3 Å². The van der Waals surface area contributed by atoms with E-state index in [4.69, 9.17) is 0 Å². The van der Waals surface area contributed by atoms with Crippen LogP contribution in [0.25, 0.3) is 11.1 Å². The highest BCUT2D eigenvalue weighted by Gasteiger charge is 2.38. The van der Waals surface area contributed by atoms with E-state index < -0.39 is 0 Å². The van der Waals surface area contributed by atoms with E-state index in [2.05, 4.69) is 35.0 Å². The second-order valence-corrected chi connectivity index (χ2v) is 7.49. The maximum Gasteiger partial charge on any atom is 0.251 e. The topological polar surface area (TPSA) is 32.3 Å². The van der Waals surface area contributed by atoms with E-state index in [1.165, 1.54) is 18.4 Å². The van der Waals surface area contributed by atoms with E-state index in [0.717, 1.165) is 36.7 Å². The van der Waals surface area contributed by atoms with Crippen LogP contribution in [0, 0.1) is 11.8 Å². The molecule has 0 saturated carbocycles. The summed E-state index contributed by atoms with van der Waals surface area (Å²) in [6.07, 6.45) is 4.55. The lowest BCUT2D eigenvalue weighted by Gasteiger charge is -2.49. The highest BCUT2D eigenvalue weighted by molar-refractivity contribution is 5.94. The van der Waals surface area contributed by atoms with Gasteiger partial charge in [0.2, 0.25) is 0 Å². The van der Waals surface area contributed by atoms with E-state index in [0.29, 0.717) is 12.0 Å². The van der Waals surface area contributed by atoms with E-state index in [1.54, 1.807) is 0 Å². The monoisotopic (exact) mass is 346 g/mol. The maximum atomic E-state index is 12.5. The molecule has 3 nitrogen and oxygen atoms in total. The van der Waals surface area contributed by atoms with Crippen LogP contribution in [0.3, 0.4) is 0 Å². The van der Waals surface area contributed by atoms with Gasteiger partial charge in [0.1, 0.15) is 0 Å². The number of fused-ring (bicyclic) bond motifs is 3. The fraction of sp³-hybridized carbons (Fsp3) is 0.348. The molecule has 3 fully saturated rings. The lowest BCUT2D eigenvalue weighted by molar-refractivity contribution is 0.0195. The first-order valence-electron chi connectivity index (χ1n) is 9.55. The Bertz CT molecular complexity index is 769. The van der Waals surface area contributed by atoms with Gasteiger partial charge in [0.25, 0.3) is 5.91 Å². The van der Waals surface area contributed by atoms with Gasteiger partial charge in [-0.3, -0.25) is 9.69 Å². The van der Waals surface area contributed by atoms with Gasteiger partial charge in [0, 0.05) is 24.7 Å².